The summed E-state index contributed by atoms with van der Waals surface area (Å²) in [5.41, 5.74) is 2.50. The van der Waals surface area contributed by atoms with E-state index in [4.69, 9.17) is 6.42 Å². The molecule has 0 radical (unpaired) electrons. The minimum atomic E-state index is -0.00157. The SMILES string of the molecule is C#CCN(C)C(=O)C1CCCc2ccccc21. The number of hydrogen-bond acceptors (Lipinski definition) is 1. The van der Waals surface area contributed by atoms with E-state index < -0.39 is 0 Å². The lowest BCUT2D eigenvalue weighted by molar-refractivity contribution is -0.131. The molecular formula is C15H17NO. The molecule has 0 heterocycles. The zero-order chi connectivity index (χ0) is 12.3. The van der Waals surface area contributed by atoms with E-state index >= 15 is 0 Å². The normalized spacial score (nSPS) is 18.0. The van der Waals surface area contributed by atoms with Gasteiger partial charge in [0.1, 0.15) is 0 Å². The molecule has 1 unspecified atom stereocenters. The smallest absolute Gasteiger partial charge is 0.230 e. The van der Waals surface area contributed by atoms with Crippen molar-refractivity contribution >= 4 is 5.91 Å². The van der Waals surface area contributed by atoms with E-state index in [0.29, 0.717) is 6.54 Å². The fourth-order valence-electron chi connectivity index (χ4n) is 2.49. The molecule has 0 N–H and O–H groups in total. The minimum absolute atomic E-state index is 0.00157. The van der Waals surface area contributed by atoms with Crippen LogP contribution in [0.3, 0.4) is 0 Å². The maximum atomic E-state index is 12.3. The number of benzene rings is 1. The zero-order valence-electron chi connectivity index (χ0n) is 10.1. The molecule has 88 valence electrons. The molecule has 0 saturated carbocycles. The largest absolute Gasteiger partial charge is 0.334 e. The summed E-state index contributed by atoms with van der Waals surface area (Å²) in [6.45, 7) is 0.386. The summed E-state index contributed by atoms with van der Waals surface area (Å²) in [5.74, 6) is 2.66. The van der Waals surface area contributed by atoms with Crippen molar-refractivity contribution in [3.63, 3.8) is 0 Å². The number of terminal acetylenes is 1. The van der Waals surface area contributed by atoms with Crippen LogP contribution >= 0.6 is 0 Å². The van der Waals surface area contributed by atoms with Gasteiger partial charge in [0.15, 0.2) is 0 Å². The first-order valence-electron chi connectivity index (χ1n) is 6.00. The van der Waals surface area contributed by atoms with Gasteiger partial charge in [-0.25, -0.2) is 0 Å². The quantitative estimate of drug-likeness (QED) is 0.709. The van der Waals surface area contributed by atoms with Gasteiger partial charge in [0, 0.05) is 7.05 Å². The molecule has 0 aliphatic heterocycles. The molecule has 1 aliphatic carbocycles. The van der Waals surface area contributed by atoms with Crippen molar-refractivity contribution in [2.24, 2.45) is 0 Å². The standard InChI is InChI=1S/C15H17NO/c1-3-11-16(2)15(17)14-10-6-8-12-7-4-5-9-13(12)14/h1,4-5,7,9,14H,6,8,10-11H2,2H3. The molecule has 1 aliphatic rings. The van der Waals surface area contributed by atoms with Gasteiger partial charge in [-0.2, -0.15) is 0 Å². The number of likely N-dealkylation sites (N-methyl/N-ethyl adjacent to an activating group) is 1. The van der Waals surface area contributed by atoms with Crippen LogP contribution in [-0.4, -0.2) is 24.4 Å². The highest BCUT2D eigenvalue weighted by Crippen LogP contribution is 2.32. The third-order valence-electron chi connectivity index (χ3n) is 3.37. The van der Waals surface area contributed by atoms with Crippen LogP contribution in [0, 0.1) is 12.3 Å². The number of aryl methyl sites for hydroxylation is 1. The van der Waals surface area contributed by atoms with Crippen LogP contribution in [0.25, 0.3) is 0 Å². The second kappa shape index (κ2) is 5.05. The number of fused-ring (bicyclic) bond motifs is 1. The fourth-order valence-corrected chi connectivity index (χ4v) is 2.49. The molecule has 0 fully saturated rings. The Balaban J connectivity index is 2.24. The van der Waals surface area contributed by atoms with Crippen molar-refractivity contribution in [2.75, 3.05) is 13.6 Å². The minimum Gasteiger partial charge on any atom is -0.334 e. The van der Waals surface area contributed by atoms with Gasteiger partial charge in [-0.15, -0.1) is 6.42 Å². The molecule has 0 saturated heterocycles. The van der Waals surface area contributed by atoms with Gasteiger partial charge >= 0.3 is 0 Å². The number of carbonyl (C=O) groups excluding carboxylic acids is 1. The van der Waals surface area contributed by atoms with E-state index in [0.717, 1.165) is 19.3 Å². The molecule has 0 bridgehead atoms. The molecule has 2 nitrogen and oxygen atoms in total. The molecule has 17 heavy (non-hydrogen) atoms. The summed E-state index contributed by atoms with van der Waals surface area (Å²) in [6.07, 6.45) is 8.35. The summed E-state index contributed by atoms with van der Waals surface area (Å²) in [6, 6.07) is 8.24. The third-order valence-corrected chi connectivity index (χ3v) is 3.37. The first-order chi connectivity index (χ1) is 8.24. The first kappa shape index (κ1) is 11.7. The number of hydrogen-bond donors (Lipinski definition) is 0. The van der Waals surface area contributed by atoms with E-state index in [1.165, 1.54) is 11.1 Å². The summed E-state index contributed by atoms with van der Waals surface area (Å²) in [4.78, 5) is 13.9. The summed E-state index contributed by atoms with van der Waals surface area (Å²) >= 11 is 0. The van der Waals surface area contributed by atoms with E-state index in [-0.39, 0.29) is 11.8 Å². The summed E-state index contributed by atoms with van der Waals surface area (Å²) in [7, 11) is 1.78. The van der Waals surface area contributed by atoms with Gasteiger partial charge in [0.25, 0.3) is 0 Å². The Morgan fingerprint density at radius 2 is 2.29 bits per heavy atom. The second-order valence-corrected chi connectivity index (χ2v) is 4.54. The van der Waals surface area contributed by atoms with Crippen LogP contribution in [0.1, 0.15) is 29.9 Å². The number of amides is 1. The highest BCUT2D eigenvalue weighted by molar-refractivity contribution is 5.84. The summed E-state index contributed by atoms with van der Waals surface area (Å²) in [5, 5.41) is 0. The first-order valence-corrected chi connectivity index (χ1v) is 6.00. The Bertz CT molecular complexity index is 458. The zero-order valence-corrected chi connectivity index (χ0v) is 10.1. The van der Waals surface area contributed by atoms with Crippen molar-refractivity contribution in [1.82, 2.24) is 4.90 Å². The van der Waals surface area contributed by atoms with E-state index in [1.807, 2.05) is 12.1 Å². The Morgan fingerprint density at radius 1 is 1.53 bits per heavy atom. The van der Waals surface area contributed by atoms with Crippen molar-refractivity contribution < 1.29 is 4.79 Å². The van der Waals surface area contributed by atoms with E-state index in [1.54, 1.807) is 11.9 Å². The lowest BCUT2D eigenvalue weighted by Crippen LogP contribution is -2.33. The van der Waals surface area contributed by atoms with Gasteiger partial charge in [0.05, 0.1) is 12.5 Å². The monoisotopic (exact) mass is 227 g/mol. The molecule has 2 rings (SSSR count). The lowest BCUT2D eigenvalue weighted by atomic mass is 9.82. The molecule has 1 aromatic rings. The Hall–Kier alpha value is -1.75. The molecule has 0 spiro atoms. The van der Waals surface area contributed by atoms with Gasteiger partial charge in [-0.3, -0.25) is 4.79 Å². The van der Waals surface area contributed by atoms with Crippen LogP contribution in [-0.2, 0) is 11.2 Å². The number of carbonyl (C=O) groups is 1. The number of nitrogens with zero attached hydrogens (tertiary/aromatic N) is 1. The van der Waals surface area contributed by atoms with Crippen LogP contribution in [0.2, 0.25) is 0 Å². The van der Waals surface area contributed by atoms with Crippen LogP contribution in [0.5, 0.6) is 0 Å². The molecule has 0 aromatic heterocycles. The van der Waals surface area contributed by atoms with E-state index in [9.17, 15) is 4.79 Å². The Labute approximate surface area is 103 Å². The van der Waals surface area contributed by atoms with Gasteiger partial charge in [-0.05, 0) is 30.4 Å². The summed E-state index contributed by atoms with van der Waals surface area (Å²) < 4.78 is 0. The van der Waals surface area contributed by atoms with Crippen molar-refractivity contribution in [2.45, 2.75) is 25.2 Å². The maximum absolute atomic E-state index is 12.3. The van der Waals surface area contributed by atoms with Crippen LogP contribution in [0.15, 0.2) is 24.3 Å². The predicted molar refractivity (Wildman–Crippen MR) is 68.6 cm³/mol. The maximum Gasteiger partial charge on any atom is 0.230 e. The highest BCUT2D eigenvalue weighted by atomic mass is 16.2. The van der Waals surface area contributed by atoms with Gasteiger partial charge < -0.3 is 4.90 Å². The third kappa shape index (κ3) is 2.34. The molecule has 1 amide bonds. The lowest BCUT2D eigenvalue weighted by Gasteiger charge is -2.27. The second-order valence-electron chi connectivity index (χ2n) is 4.54. The van der Waals surface area contributed by atoms with Crippen LogP contribution in [0.4, 0.5) is 0 Å². The van der Waals surface area contributed by atoms with Crippen molar-refractivity contribution in [3.8, 4) is 12.3 Å². The molecule has 1 atom stereocenters. The van der Waals surface area contributed by atoms with Crippen molar-refractivity contribution in [1.29, 1.82) is 0 Å². The van der Waals surface area contributed by atoms with E-state index in [2.05, 4.69) is 18.1 Å². The highest BCUT2D eigenvalue weighted by Gasteiger charge is 2.27. The molecule has 1 aromatic carbocycles. The van der Waals surface area contributed by atoms with Gasteiger partial charge in [0.2, 0.25) is 5.91 Å². The van der Waals surface area contributed by atoms with Crippen LogP contribution < -0.4 is 0 Å². The molecule has 2 heteroatoms. The fraction of sp³-hybridized carbons (Fsp3) is 0.400. The Kier molecular flexibility index (Phi) is 3.49. The molecular weight excluding hydrogens is 210 g/mol. The van der Waals surface area contributed by atoms with Crippen molar-refractivity contribution in [3.05, 3.63) is 35.4 Å². The Morgan fingerprint density at radius 3 is 3.06 bits per heavy atom. The van der Waals surface area contributed by atoms with Gasteiger partial charge in [-0.1, -0.05) is 30.2 Å². The average molecular weight is 227 g/mol. The topological polar surface area (TPSA) is 20.3 Å². The average Bonchev–Trinajstić information content (AvgIpc) is 2.37. The number of rotatable bonds is 2. The predicted octanol–water partition coefficient (Wildman–Crippen LogP) is 2.20.